The Morgan fingerprint density at radius 2 is 1.86 bits per heavy atom. The van der Waals surface area contributed by atoms with Gasteiger partial charge in [0.15, 0.2) is 0 Å². The molecule has 1 aliphatic carbocycles. The summed E-state index contributed by atoms with van der Waals surface area (Å²) < 4.78 is 35.7. The number of amides is 1. The van der Waals surface area contributed by atoms with Crippen LogP contribution in [-0.4, -0.2) is 89.2 Å². The highest BCUT2D eigenvalue weighted by molar-refractivity contribution is 5.91. The van der Waals surface area contributed by atoms with E-state index in [1.54, 1.807) is 0 Å². The molecule has 1 amide bonds. The number of aryl methyl sites for hydroxylation is 1. The molecule has 0 aromatic carbocycles. The van der Waals surface area contributed by atoms with E-state index >= 15 is 0 Å². The van der Waals surface area contributed by atoms with Gasteiger partial charge in [-0.15, -0.1) is 10.2 Å². The molecule has 14 heteroatoms. The summed E-state index contributed by atoms with van der Waals surface area (Å²) in [4.78, 5) is 26.8. The van der Waals surface area contributed by atoms with E-state index in [1.165, 1.54) is 24.8 Å². The molecule has 1 atom stereocenters. The summed E-state index contributed by atoms with van der Waals surface area (Å²) in [5.41, 5.74) is 1.25. The first-order chi connectivity index (χ1) is 17.5. The van der Waals surface area contributed by atoms with Gasteiger partial charge in [-0.1, -0.05) is 19.3 Å². The molecule has 11 nitrogen and oxygen atoms in total. The fourth-order valence-corrected chi connectivity index (χ4v) is 5.41. The van der Waals surface area contributed by atoms with Crippen LogP contribution in [0.15, 0.2) is 12.4 Å². The van der Waals surface area contributed by atoms with Crippen LogP contribution < -0.4 is 5.32 Å². The maximum absolute atomic E-state index is 13.0. The van der Waals surface area contributed by atoms with Crippen molar-refractivity contribution in [3.05, 3.63) is 29.6 Å². The number of rotatable bonds is 4. The Labute approximate surface area is 212 Å². The van der Waals surface area contributed by atoms with Crippen LogP contribution in [0.25, 0.3) is 0 Å². The van der Waals surface area contributed by atoms with Crippen molar-refractivity contribution < 1.29 is 27.9 Å². The Bertz CT molecular complexity index is 1110. The van der Waals surface area contributed by atoms with Crippen LogP contribution in [-0.2, 0) is 31.5 Å². The Hall–Kier alpha value is -3.00. The first-order valence-corrected chi connectivity index (χ1v) is 12.4. The van der Waals surface area contributed by atoms with Gasteiger partial charge in [-0.2, -0.15) is 18.3 Å². The number of carbonyl (C=O) groups excluding carboxylic acids is 1. The van der Waals surface area contributed by atoms with E-state index in [0.717, 1.165) is 57.8 Å². The van der Waals surface area contributed by atoms with Gasteiger partial charge in [0, 0.05) is 51.0 Å². The molecule has 37 heavy (non-hydrogen) atoms. The first kappa shape index (κ1) is 27.0. The molecule has 204 valence electrons. The van der Waals surface area contributed by atoms with Gasteiger partial charge >= 0.3 is 12.1 Å². The third-order valence-electron chi connectivity index (χ3n) is 7.43. The lowest BCUT2D eigenvalue weighted by atomic mass is 9.94. The number of likely N-dealkylation sites (tertiary alicyclic amines) is 1. The standard InChI is InChI=1S/C21H32N8O.C2HF3O2/c1-26-13-18-24-25-19(20(30)23-17-6-4-3-5-7-17)29(18)15-21(26)8-9-28(14-21)12-16-10-22-27(2)11-16;3-2(4,5)1(6)7/h10-11,17H,3-9,12-15H2,1-2H3,(H,23,30);(H,6,7). The third-order valence-corrected chi connectivity index (χ3v) is 7.43. The van der Waals surface area contributed by atoms with Gasteiger partial charge in [-0.05, 0) is 26.3 Å². The van der Waals surface area contributed by atoms with Crippen molar-refractivity contribution in [2.24, 2.45) is 7.05 Å². The zero-order chi connectivity index (χ0) is 26.8. The lowest BCUT2D eigenvalue weighted by Gasteiger charge is -2.42. The molecule has 2 N–H and O–H groups in total. The van der Waals surface area contributed by atoms with Gasteiger partial charge in [-0.3, -0.25) is 19.3 Å². The minimum atomic E-state index is -5.08. The summed E-state index contributed by atoms with van der Waals surface area (Å²) in [7, 11) is 4.13. The maximum Gasteiger partial charge on any atom is 0.490 e. The summed E-state index contributed by atoms with van der Waals surface area (Å²) in [5.74, 6) is -1.45. The van der Waals surface area contributed by atoms with Crippen molar-refractivity contribution in [2.45, 2.75) is 75.9 Å². The number of halogens is 3. The minimum absolute atomic E-state index is 0.0114. The third kappa shape index (κ3) is 6.29. The average molecular weight is 527 g/mol. The van der Waals surface area contributed by atoms with Crippen molar-refractivity contribution in [2.75, 3.05) is 20.1 Å². The van der Waals surface area contributed by atoms with Gasteiger partial charge in [-0.25, -0.2) is 4.79 Å². The van der Waals surface area contributed by atoms with Crippen LogP contribution in [0.4, 0.5) is 13.2 Å². The van der Waals surface area contributed by atoms with E-state index in [2.05, 4.69) is 48.2 Å². The average Bonchev–Trinajstić information content (AvgIpc) is 3.54. The molecule has 0 radical (unpaired) electrons. The van der Waals surface area contributed by atoms with Crippen molar-refractivity contribution in [1.82, 2.24) is 39.7 Å². The number of carboxylic acids is 1. The number of aromatic nitrogens is 5. The van der Waals surface area contributed by atoms with E-state index in [9.17, 15) is 18.0 Å². The van der Waals surface area contributed by atoms with Gasteiger partial charge in [0.2, 0.25) is 5.82 Å². The minimum Gasteiger partial charge on any atom is -0.475 e. The van der Waals surface area contributed by atoms with Gasteiger partial charge in [0.1, 0.15) is 5.82 Å². The number of carbonyl (C=O) groups is 2. The predicted octanol–water partition coefficient (Wildman–Crippen LogP) is 1.80. The number of likely N-dealkylation sites (N-methyl/N-ethyl adjacent to an activating group) is 1. The van der Waals surface area contributed by atoms with E-state index in [-0.39, 0.29) is 17.5 Å². The number of alkyl halides is 3. The second kappa shape index (κ2) is 10.8. The molecule has 2 aromatic rings. The molecular weight excluding hydrogens is 493 g/mol. The van der Waals surface area contributed by atoms with Crippen molar-refractivity contribution in [3.63, 3.8) is 0 Å². The molecular formula is C23H33F3N8O3. The molecule has 0 bridgehead atoms. The Morgan fingerprint density at radius 1 is 1.16 bits per heavy atom. The number of carboxylic acid groups (broad SMARTS) is 1. The van der Waals surface area contributed by atoms with E-state index in [1.807, 2.05) is 17.9 Å². The molecule has 5 rings (SSSR count). The van der Waals surface area contributed by atoms with Gasteiger partial charge in [0.05, 0.1) is 18.3 Å². The molecule has 2 fully saturated rings. The fraction of sp³-hybridized carbons (Fsp3) is 0.696. The maximum atomic E-state index is 13.0. The summed E-state index contributed by atoms with van der Waals surface area (Å²) in [5, 5.41) is 23.3. The van der Waals surface area contributed by atoms with E-state index in [4.69, 9.17) is 9.90 Å². The van der Waals surface area contributed by atoms with Crippen LogP contribution in [0.3, 0.4) is 0 Å². The van der Waals surface area contributed by atoms with Crippen LogP contribution in [0.2, 0.25) is 0 Å². The summed E-state index contributed by atoms with van der Waals surface area (Å²) in [6.07, 6.45) is 5.84. The lowest BCUT2D eigenvalue weighted by Crippen LogP contribution is -2.55. The number of nitrogens with zero attached hydrogens (tertiary/aromatic N) is 7. The van der Waals surface area contributed by atoms with Crippen molar-refractivity contribution >= 4 is 11.9 Å². The second-order valence-electron chi connectivity index (χ2n) is 10.2. The topological polar surface area (TPSA) is 121 Å². The molecule has 4 heterocycles. The largest absolute Gasteiger partial charge is 0.490 e. The predicted molar refractivity (Wildman–Crippen MR) is 125 cm³/mol. The molecule has 1 unspecified atom stereocenters. The van der Waals surface area contributed by atoms with Crippen LogP contribution in [0.5, 0.6) is 0 Å². The smallest absolute Gasteiger partial charge is 0.475 e. The molecule has 2 aliphatic heterocycles. The normalized spacial score (nSPS) is 22.9. The summed E-state index contributed by atoms with van der Waals surface area (Å²) in [6.45, 7) is 4.42. The van der Waals surface area contributed by atoms with Crippen LogP contribution >= 0.6 is 0 Å². The van der Waals surface area contributed by atoms with E-state index in [0.29, 0.717) is 5.82 Å². The second-order valence-corrected chi connectivity index (χ2v) is 10.2. The molecule has 3 aliphatic rings. The van der Waals surface area contributed by atoms with Gasteiger partial charge < -0.3 is 15.0 Å². The fourth-order valence-electron chi connectivity index (χ4n) is 5.41. The Morgan fingerprint density at radius 3 is 2.49 bits per heavy atom. The SMILES string of the molecule is CN1Cc2nnc(C(=O)NC3CCCCC3)n2CC12CCN(Cc1cnn(C)c1)C2.O=C(O)C(F)(F)F. The Balaban J connectivity index is 0.000000405. The summed E-state index contributed by atoms with van der Waals surface area (Å²) in [6, 6.07) is 0.279. The summed E-state index contributed by atoms with van der Waals surface area (Å²) >= 11 is 0. The molecule has 1 spiro atoms. The number of aliphatic carboxylic acids is 1. The van der Waals surface area contributed by atoms with Crippen LogP contribution in [0.1, 0.15) is 60.5 Å². The quantitative estimate of drug-likeness (QED) is 0.619. The number of nitrogens with one attached hydrogen (secondary N) is 1. The molecule has 1 saturated carbocycles. The van der Waals surface area contributed by atoms with Crippen molar-refractivity contribution in [3.8, 4) is 0 Å². The van der Waals surface area contributed by atoms with Gasteiger partial charge in [0.25, 0.3) is 5.91 Å². The Kier molecular flexibility index (Phi) is 7.88. The highest BCUT2D eigenvalue weighted by atomic mass is 19.4. The molecule has 2 aromatic heterocycles. The number of fused-ring (bicyclic) bond motifs is 1. The first-order valence-electron chi connectivity index (χ1n) is 12.4. The number of hydrogen-bond acceptors (Lipinski definition) is 7. The highest BCUT2D eigenvalue weighted by Crippen LogP contribution is 2.34. The van der Waals surface area contributed by atoms with Crippen LogP contribution in [0, 0.1) is 0 Å². The zero-order valence-corrected chi connectivity index (χ0v) is 21.0. The number of hydrogen-bond donors (Lipinski definition) is 2. The molecule has 1 saturated heterocycles. The van der Waals surface area contributed by atoms with Crippen molar-refractivity contribution in [1.29, 1.82) is 0 Å². The zero-order valence-electron chi connectivity index (χ0n) is 21.0. The monoisotopic (exact) mass is 526 g/mol. The van der Waals surface area contributed by atoms with E-state index < -0.39 is 12.1 Å². The lowest BCUT2D eigenvalue weighted by molar-refractivity contribution is -0.192. The highest BCUT2D eigenvalue weighted by Gasteiger charge is 2.46.